The van der Waals surface area contributed by atoms with E-state index in [-0.39, 0.29) is 25.2 Å². The lowest BCUT2D eigenvalue weighted by Crippen LogP contribution is -2.50. The van der Waals surface area contributed by atoms with Gasteiger partial charge in [-0.25, -0.2) is 14.3 Å². The molecular formula is C11H18N6O4. The summed E-state index contributed by atoms with van der Waals surface area (Å²) in [6, 6.07) is -0.458. The Morgan fingerprint density at radius 3 is 2.62 bits per heavy atom. The molecule has 0 fully saturated rings. The van der Waals surface area contributed by atoms with Crippen LogP contribution in [0.2, 0.25) is 0 Å². The minimum absolute atomic E-state index is 0.0193. The molecule has 10 nitrogen and oxygen atoms in total. The van der Waals surface area contributed by atoms with Gasteiger partial charge in [-0.05, 0) is 13.8 Å². The van der Waals surface area contributed by atoms with Gasteiger partial charge >= 0.3 is 12.0 Å². The Bertz CT molecular complexity index is 539. The number of carbonyl (C=O) groups excluding carboxylic acids is 2. The van der Waals surface area contributed by atoms with Crippen molar-refractivity contribution < 1.29 is 19.5 Å². The van der Waals surface area contributed by atoms with Crippen LogP contribution in [0.5, 0.6) is 0 Å². The molecule has 1 rings (SSSR count). The number of hydrogen-bond acceptors (Lipinski definition) is 5. The molecular weight excluding hydrogens is 280 g/mol. The van der Waals surface area contributed by atoms with Crippen LogP contribution in [-0.2, 0) is 11.3 Å². The molecule has 5 N–H and O–H groups in total. The summed E-state index contributed by atoms with van der Waals surface area (Å²) >= 11 is 0. The zero-order valence-electron chi connectivity index (χ0n) is 11.8. The quantitative estimate of drug-likeness (QED) is 0.503. The molecule has 1 heterocycles. The lowest BCUT2D eigenvalue weighted by molar-refractivity contribution is -0.119. The fourth-order valence-electron chi connectivity index (χ4n) is 1.62. The van der Waals surface area contributed by atoms with Crippen molar-refractivity contribution in [1.29, 1.82) is 0 Å². The Morgan fingerprint density at radius 1 is 1.43 bits per heavy atom. The highest BCUT2D eigenvalue weighted by molar-refractivity contribution is 5.84. The predicted octanol–water partition coefficient (Wildman–Crippen LogP) is -1.07. The second-order valence-corrected chi connectivity index (χ2v) is 5.08. The van der Waals surface area contributed by atoms with Crippen LogP contribution in [0, 0.1) is 0 Å². The van der Waals surface area contributed by atoms with Gasteiger partial charge in [0, 0.05) is 18.5 Å². The highest BCUT2D eigenvalue weighted by atomic mass is 16.4. The van der Waals surface area contributed by atoms with E-state index in [4.69, 9.17) is 10.8 Å². The fraction of sp³-hybridized carbons (Fsp3) is 0.545. The van der Waals surface area contributed by atoms with E-state index in [1.807, 2.05) is 0 Å². The molecule has 0 aliphatic heterocycles. The van der Waals surface area contributed by atoms with Gasteiger partial charge in [0.2, 0.25) is 5.91 Å². The largest absolute Gasteiger partial charge is 0.476 e. The van der Waals surface area contributed by atoms with E-state index in [0.717, 1.165) is 0 Å². The molecule has 0 bridgehead atoms. The van der Waals surface area contributed by atoms with E-state index < -0.39 is 23.4 Å². The van der Waals surface area contributed by atoms with E-state index in [0.29, 0.717) is 0 Å². The normalized spacial score (nSPS) is 11.0. The van der Waals surface area contributed by atoms with Crippen molar-refractivity contribution >= 4 is 17.9 Å². The molecule has 0 saturated heterocycles. The predicted molar refractivity (Wildman–Crippen MR) is 71.4 cm³/mol. The molecule has 0 unspecified atom stereocenters. The molecule has 0 aromatic carbocycles. The minimum Gasteiger partial charge on any atom is -0.476 e. The first kappa shape index (κ1) is 16.4. The minimum atomic E-state index is -1.17. The number of aromatic carboxylic acids is 1. The number of nitrogens with one attached hydrogen (secondary N) is 2. The maximum atomic E-state index is 11.6. The van der Waals surface area contributed by atoms with Gasteiger partial charge in [0.15, 0.2) is 5.69 Å². The number of urea groups is 1. The van der Waals surface area contributed by atoms with Crippen LogP contribution in [0.25, 0.3) is 0 Å². The number of carboxylic acid groups (broad SMARTS) is 1. The Kier molecular flexibility index (Phi) is 5.22. The summed E-state index contributed by atoms with van der Waals surface area (Å²) < 4.78 is 1.30. The highest BCUT2D eigenvalue weighted by Crippen LogP contribution is 2.06. The van der Waals surface area contributed by atoms with Gasteiger partial charge in [-0.15, -0.1) is 5.10 Å². The van der Waals surface area contributed by atoms with E-state index in [9.17, 15) is 14.4 Å². The van der Waals surface area contributed by atoms with E-state index in [2.05, 4.69) is 20.9 Å². The van der Waals surface area contributed by atoms with E-state index >= 15 is 0 Å². The third-order valence-electron chi connectivity index (χ3n) is 2.45. The molecule has 0 radical (unpaired) electrons. The van der Waals surface area contributed by atoms with Crippen molar-refractivity contribution in [3.63, 3.8) is 0 Å². The number of nitrogens with zero attached hydrogens (tertiary/aromatic N) is 3. The lowest BCUT2D eigenvalue weighted by Gasteiger charge is -2.24. The summed E-state index contributed by atoms with van der Waals surface area (Å²) in [5, 5.41) is 20.9. The van der Waals surface area contributed by atoms with Gasteiger partial charge in [0.05, 0.1) is 12.7 Å². The summed E-state index contributed by atoms with van der Waals surface area (Å²) in [6.07, 6.45) is 1.28. The number of aromatic nitrogens is 3. The van der Waals surface area contributed by atoms with E-state index in [1.165, 1.54) is 10.9 Å². The van der Waals surface area contributed by atoms with Crippen molar-refractivity contribution in [2.24, 2.45) is 5.73 Å². The van der Waals surface area contributed by atoms with Crippen LogP contribution in [0.4, 0.5) is 4.79 Å². The molecule has 0 spiro atoms. The van der Waals surface area contributed by atoms with Gasteiger partial charge in [-0.2, -0.15) is 0 Å². The van der Waals surface area contributed by atoms with Crippen molar-refractivity contribution in [3.8, 4) is 0 Å². The number of rotatable bonds is 7. The van der Waals surface area contributed by atoms with Gasteiger partial charge in [-0.3, -0.25) is 4.79 Å². The van der Waals surface area contributed by atoms with Gasteiger partial charge in [-0.1, -0.05) is 5.21 Å². The van der Waals surface area contributed by atoms with Crippen molar-refractivity contribution in [2.75, 3.05) is 6.54 Å². The first-order chi connectivity index (χ1) is 9.69. The molecule has 3 amide bonds. The van der Waals surface area contributed by atoms with Crippen LogP contribution in [0.1, 0.15) is 30.8 Å². The lowest BCUT2D eigenvalue weighted by atomic mass is 10.0. The molecule has 0 atom stereocenters. The number of amides is 3. The number of hydrogen-bond donors (Lipinski definition) is 4. The van der Waals surface area contributed by atoms with Crippen LogP contribution in [0.15, 0.2) is 6.20 Å². The number of primary amides is 1. The second-order valence-electron chi connectivity index (χ2n) is 5.08. The smallest absolute Gasteiger partial charge is 0.358 e. The molecule has 21 heavy (non-hydrogen) atoms. The molecule has 0 saturated carbocycles. The van der Waals surface area contributed by atoms with Crippen LogP contribution in [-0.4, -0.2) is 50.1 Å². The number of nitrogens with two attached hydrogens (primary N) is 1. The van der Waals surface area contributed by atoms with Gasteiger partial charge < -0.3 is 21.5 Å². The van der Waals surface area contributed by atoms with Gasteiger partial charge in [0.1, 0.15) is 0 Å². The standard InChI is InChI=1S/C11H18N6O4/c1-11(2,5-8(12)18)14-10(21)13-3-4-17-6-7(9(19)20)15-16-17/h6H,3-5H2,1-2H3,(H2,12,18)(H,19,20)(H2,13,14,21). The zero-order chi connectivity index (χ0) is 16.0. The fourth-order valence-corrected chi connectivity index (χ4v) is 1.62. The molecule has 0 aliphatic carbocycles. The van der Waals surface area contributed by atoms with Crippen LogP contribution in [0.3, 0.4) is 0 Å². The number of carboxylic acids is 1. The average Bonchev–Trinajstić information content (AvgIpc) is 2.74. The summed E-state index contributed by atoms with van der Waals surface area (Å²) in [5.74, 6) is -1.68. The topological polar surface area (TPSA) is 152 Å². The Morgan fingerprint density at radius 2 is 2.10 bits per heavy atom. The SMILES string of the molecule is CC(C)(CC(N)=O)NC(=O)NCCn1cc(C(=O)O)nn1. The van der Waals surface area contributed by atoms with Crippen LogP contribution >= 0.6 is 0 Å². The molecule has 116 valence electrons. The molecule has 0 aliphatic rings. The zero-order valence-corrected chi connectivity index (χ0v) is 11.8. The summed E-state index contributed by atoms with van der Waals surface area (Å²) in [7, 11) is 0. The first-order valence-electron chi connectivity index (χ1n) is 6.17. The second kappa shape index (κ2) is 6.68. The Balaban J connectivity index is 2.36. The Hall–Kier alpha value is -2.65. The molecule has 1 aromatic rings. The highest BCUT2D eigenvalue weighted by Gasteiger charge is 2.22. The molecule has 10 heteroatoms. The number of carbonyl (C=O) groups is 3. The van der Waals surface area contributed by atoms with E-state index in [1.54, 1.807) is 13.8 Å². The van der Waals surface area contributed by atoms with Crippen molar-refractivity contribution in [3.05, 3.63) is 11.9 Å². The monoisotopic (exact) mass is 298 g/mol. The summed E-state index contributed by atoms with van der Waals surface area (Å²) in [5.41, 5.74) is 4.16. The van der Waals surface area contributed by atoms with Gasteiger partial charge in [0.25, 0.3) is 0 Å². The third-order valence-corrected chi connectivity index (χ3v) is 2.45. The molecule has 1 aromatic heterocycles. The maximum Gasteiger partial charge on any atom is 0.358 e. The van der Waals surface area contributed by atoms with Crippen molar-refractivity contribution in [2.45, 2.75) is 32.4 Å². The van der Waals surface area contributed by atoms with Crippen molar-refractivity contribution in [1.82, 2.24) is 25.6 Å². The van der Waals surface area contributed by atoms with Crippen LogP contribution < -0.4 is 16.4 Å². The average molecular weight is 298 g/mol. The third kappa shape index (κ3) is 5.89. The maximum absolute atomic E-state index is 11.6. The summed E-state index contributed by atoms with van der Waals surface area (Å²) in [4.78, 5) is 33.1. The first-order valence-corrected chi connectivity index (χ1v) is 6.17. The summed E-state index contributed by atoms with van der Waals surface area (Å²) in [6.45, 7) is 3.84. The Labute approximate surface area is 120 Å².